The van der Waals surface area contributed by atoms with Gasteiger partial charge in [-0.3, -0.25) is 4.79 Å². The van der Waals surface area contributed by atoms with Crippen LogP contribution in [0.15, 0.2) is 18.3 Å². The van der Waals surface area contributed by atoms with Gasteiger partial charge in [0.1, 0.15) is 5.82 Å². The molecule has 0 aliphatic carbocycles. The van der Waals surface area contributed by atoms with Gasteiger partial charge < -0.3 is 15.5 Å². The summed E-state index contributed by atoms with van der Waals surface area (Å²) in [6.07, 6.45) is 2.67. The molecule has 0 saturated carbocycles. The van der Waals surface area contributed by atoms with Crippen LogP contribution in [0.3, 0.4) is 0 Å². The number of halogens is 2. The van der Waals surface area contributed by atoms with Gasteiger partial charge in [-0.05, 0) is 51.3 Å². The summed E-state index contributed by atoms with van der Waals surface area (Å²) in [6, 6.07) is 4.21. The Morgan fingerprint density at radius 3 is 2.50 bits per heavy atom. The summed E-state index contributed by atoms with van der Waals surface area (Å²) in [5, 5.41) is 0. The lowest BCUT2D eigenvalue weighted by atomic mass is 9.90. The molecule has 2 N–H and O–H groups in total. The monoisotopic (exact) mass is 376 g/mol. The summed E-state index contributed by atoms with van der Waals surface area (Å²) < 4.78 is 0. The standard InChI is InChI=1S/C17H28N4O.2ClH/c1-5-21(13(2)3)15-7-6-14(10-19-15)16(22)20-9-8-17(4,11-18)12-20;;/h6-7,10,13H,5,8-9,11-12,18H2,1-4H3;2*1H. The van der Waals surface area contributed by atoms with E-state index in [0.717, 1.165) is 31.9 Å². The van der Waals surface area contributed by atoms with Crippen molar-refractivity contribution < 1.29 is 4.79 Å². The average Bonchev–Trinajstić information content (AvgIpc) is 2.91. The van der Waals surface area contributed by atoms with Crippen LogP contribution in [-0.4, -0.2) is 48.0 Å². The minimum Gasteiger partial charge on any atom is -0.354 e. The number of carbonyl (C=O) groups excluding carboxylic acids is 1. The molecular weight excluding hydrogens is 347 g/mol. The molecule has 0 spiro atoms. The van der Waals surface area contributed by atoms with Crippen molar-refractivity contribution in [2.75, 3.05) is 31.1 Å². The van der Waals surface area contributed by atoms with Crippen LogP contribution in [0.5, 0.6) is 0 Å². The fourth-order valence-corrected chi connectivity index (χ4v) is 3.02. The predicted octanol–water partition coefficient (Wildman–Crippen LogP) is 2.97. The Labute approximate surface area is 157 Å². The molecule has 2 heterocycles. The number of carbonyl (C=O) groups is 1. The van der Waals surface area contributed by atoms with E-state index >= 15 is 0 Å². The van der Waals surface area contributed by atoms with Crippen molar-refractivity contribution in [1.82, 2.24) is 9.88 Å². The van der Waals surface area contributed by atoms with E-state index in [1.807, 2.05) is 17.0 Å². The number of likely N-dealkylation sites (tertiary alicyclic amines) is 1. The average molecular weight is 377 g/mol. The van der Waals surface area contributed by atoms with Crippen molar-refractivity contribution >= 4 is 36.5 Å². The maximum atomic E-state index is 12.6. The molecule has 138 valence electrons. The highest BCUT2D eigenvalue weighted by Crippen LogP contribution is 2.29. The molecule has 24 heavy (non-hydrogen) atoms. The first-order valence-electron chi connectivity index (χ1n) is 8.12. The highest BCUT2D eigenvalue weighted by molar-refractivity contribution is 5.94. The van der Waals surface area contributed by atoms with Crippen molar-refractivity contribution in [3.05, 3.63) is 23.9 Å². The Morgan fingerprint density at radius 2 is 2.08 bits per heavy atom. The van der Waals surface area contributed by atoms with E-state index in [4.69, 9.17) is 5.73 Å². The zero-order valence-electron chi connectivity index (χ0n) is 15.0. The summed E-state index contributed by atoms with van der Waals surface area (Å²) >= 11 is 0. The molecule has 1 aliphatic heterocycles. The number of aromatic nitrogens is 1. The van der Waals surface area contributed by atoms with Gasteiger partial charge in [0, 0.05) is 31.9 Å². The minimum atomic E-state index is 0. The van der Waals surface area contributed by atoms with Gasteiger partial charge in [0.2, 0.25) is 0 Å². The second kappa shape index (κ2) is 9.44. The van der Waals surface area contributed by atoms with Crippen LogP contribution in [0.1, 0.15) is 44.5 Å². The Hall–Kier alpha value is -1.04. The summed E-state index contributed by atoms with van der Waals surface area (Å²) in [4.78, 5) is 21.1. The molecule has 0 aromatic carbocycles. The lowest BCUT2D eigenvalue weighted by Gasteiger charge is -2.26. The third kappa shape index (κ3) is 4.98. The predicted molar refractivity (Wildman–Crippen MR) is 105 cm³/mol. The largest absolute Gasteiger partial charge is 0.354 e. The second-order valence-electron chi connectivity index (χ2n) is 6.78. The topological polar surface area (TPSA) is 62.5 Å². The van der Waals surface area contributed by atoms with Gasteiger partial charge in [-0.25, -0.2) is 4.98 Å². The molecule has 1 unspecified atom stereocenters. The van der Waals surface area contributed by atoms with Gasteiger partial charge >= 0.3 is 0 Å². The molecular formula is C17H30Cl2N4O. The molecule has 0 bridgehead atoms. The van der Waals surface area contributed by atoms with Crippen LogP contribution in [0.2, 0.25) is 0 Å². The lowest BCUT2D eigenvalue weighted by molar-refractivity contribution is 0.0776. The molecule has 1 atom stereocenters. The van der Waals surface area contributed by atoms with Crippen LogP contribution in [0.4, 0.5) is 5.82 Å². The molecule has 0 radical (unpaired) electrons. The van der Waals surface area contributed by atoms with E-state index in [-0.39, 0.29) is 36.1 Å². The Kier molecular flexibility index (Phi) is 9.04. The number of hydrogen-bond donors (Lipinski definition) is 1. The Morgan fingerprint density at radius 1 is 1.42 bits per heavy atom. The van der Waals surface area contributed by atoms with Gasteiger partial charge in [0.15, 0.2) is 0 Å². The van der Waals surface area contributed by atoms with Crippen molar-refractivity contribution in [2.45, 2.75) is 40.2 Å². The van der Waals surface area contributed by atoms with E-state index < -0.39 is 0 Å². The molecule has 1 fully saturated rings. The van der Waals surface area contributed by atoms with Gasteiger partial charge in [-0.15, -0.1) is 24.8 Å². The van der Waals surface area contributed by atoms with Crippen molar-refractivity contribution in [3.8, 4) is 0 Å². The van der Waals surface area contributed by atoms with Gasteiger partial charge in [0.25, 0.3) is 5.91 Å². The molecule has 1 aromatic heterocycles. The SMILES string of the molecule is CCN(c1ccc(C(=O)N2CCC(C)(CN)C2)cn1)C(C)C.Cl.Cl. The Balaban J connectivity index is 0.00000264. The number of hydrogen-bond acceptors (Lipinski definition) is 4. The molecule has 1 aliphatic rings. The first-order chi connectivity index (χ1) is 10.4. The zero-order chi connectivity index (χ0) is 16.3. The smallest absolute Gasteiger partial charge is 0.255 e. The minimum absolute atomic E-state index is 0. The van der Waals surface area contributed by atoms with Crippen LogP contribution in [-0.2, 0) is 0 Å². The first-order valence-corrected chi connectivity index (χ1v) is 8.12. The second-order valence-corrected chi connectivity index (χ2v) is 6.78. The fraction of sp³-hybridized carbons (Fsp3) is 0.647. The quantitative estimate of drug-likeness (QED) is 0.857. The number of nitrogens with zero attached hydrogens (tertiary/aromatic N) is 3. The van der Waals surface area contributed by atoms with Crippen molar-refractivity contribution in [1.29, 1.82) is 0 Å². The number of rotatable bonds is 5. The van der Waals surface area contributed by atoms with Gasteiger partial charge in [-0.1, -0.05) is 6.92 Å². The lowest BCUT2D eigenvalue weighted by Crippen LogP contribution is -2.34. The van der Waals surface area contributed by atoms with Crippen molar-refractivity contribution in [2.24, 2.45) is 11.1 Å². The summed E-state index contributed by atoms with van der Waals surface area (Å²) in [5.74, 6) is 0.978. The normalized spacial score (nSPS) is 19.7. The molecule has 1 saturated heterocycles. The highest BCUT2D eigenvalue weighted by Gasteiger charge is 2.35. The van der Waals surface area contributed by atoms with E-state index in [9.17, 15) is 4.79 Å². The maximum absolute atomic E-state index is 12.6. The maximum Gasteiger partial charge on any atom is 0.255 e. The van der Waals surface area contributed by atoms with Crippen LogP contribution >= 0.6 is 24.8 Å². The molecule has 1 aromatic rings. The molecule has 7 heteroatoms. The van der Waals surface area contributed by atoms with E-state index in [1.54, 1.807) is 6.20 Å². The van der Waals surface area contributed by atoms with Crippen molar-refractivity contribution in [3.63, 3.8) is 0 Å². The van der Waals surface area contributed by atoms with Gasteiger partial charge in [0.05, 0.1) is 5.56 Å². The van der Waals surface area contributed by atoms with Crippen LogP contribution in [0, 0.1) is 5.41 Å². The van der Waals surface area contributed by atoms with Gasteiger partial charge in [-0.2, -0.15) is 0 Å². The number of nitrogens with two attached hydrogens (primary N) is 1. The number of amides is 1. The third-order valence-corrected chi connectivity index (χ3v) is 4.59. The number of anilines is 1. The summed E-state index contributed by atoms with van der Waals surface area (Å²) in [6.45, 7) is 11.6. The summed E-state index contributed by atoms with van der Waals surface area (Å²) in [5.41, 5.74) is 6.52. The Bertz CT molecular complexity index is 524. The summed E-state index contributed by atoms with van der Waals surface area (Å²) in [7, 11) is 0. The molecule has 2 rings (SSSR count). The zero-order valence-corrected chi connectivity index (χ0v) is 16.6. The molecule has 1 amide bonds. The fourth-order valence-electron chi connectivity index (χ4n) is 3.02. The third-order valence-electron chi connectivity index (χ3n) is 4.59. The van der Waals surface area contributed by atoms with E-state index in [2.05, 4.69) is 37.6 Å². The van der Waals surface area contributed by atoms with Crippen LogP contribution < -0.4 is 10.6 Å². The van der Waals surface area contributed by atoms with E-state index in [1.165, 1.54) is 0 Å². The highest BCUT2D eigenvalue weighted by atomic mass is 35.5. The first kappa shape index (κ1) is 23.0. The van der Waals surface area contributed by atoms with E-state index in [0.29, 0.717) is 18.2 Å². The molecule has 5 nitrogen and oxygen atoms in total. The van der Waals surface area contributed by atoms with Crippen LogP contribution in [0.25, 0.3) is 0 Å². The number of pyridine rings is 1.